The first-order chi connectivity index (χ1) is 24.1. The van der Waals surface area contributed by atoms with E-state index < -0.39 is 41.1 Å². The topological polar surface area (TPSA) is 153 Å². The molecule has 0 saturated carbocycles. The maximum Gasteiger partial charge on any atom is 0.329 e. The molecule has 5 rings (SSSR count). The van der Waals surface area contributed by atoms with Crippen LogP contribution in [0.15, 0.2) is 77.7 Å². The number of ether oxygens (including phenoxy) is 2. The molecule has 3 aromatic rings. The lowest BCUT2D eigenvalue weighted by molar-refractivity contribution is -0.153. The van der Waals surface area contributed by atoms with Crippen molar-refractivity contribution in [3.63, 3.8) is 0 Å². The fourth-order valence-electron chi connectivity index (χ4n) is 7.09. The Balaban J connectivity index is 1.38. The molecule has 1 saturated heterocycles. The molecule has 12 nitrogen and oxygen atoms in total. The van der Waals surface area contributed by atoms with Crippen LogP contribution in [0, 0.1) is 0 Å². The monoisotopic (exact) mass is 684 g/mol. The molecule has 0 bridgehead atoms. The lowest BCUT2D eigenvalue weighted by atomic mass is 9.62. The molecular weight excluding hydrogens is 640 g/mol. The fourth-order valence-corrected chi connectivity index (χ4v) is 7.09. The average molecular weight is 685 g/mol. The smallest absolute Gasteiger partial charge is 0.329 e. The molecule has 2 N–H and O–H groups in total. The third kappa shape index (κ3) is 7.49. The summed E-state index contributed by atoms with van der Waals surface area (Å²) in [6.07, 6.45) is 2.90. The van der Waals surface area contributed by atoms with Gasteiger partial charge in [0.25, 0.3) is 11.5 Å². The minimum atomic E-state index is -1.26. The molecule has 1 fully saturated rings. The summed E-state index contributed by atoms with van der Waals surface area (Å²) < 4.78 is 11.6. The van der Waals surface area contributed by atoms with E-state index in [9.17, 15) is 28.8 Å². The van der Waals surface area contributed by atoms with Gasteiger partial charge in [-0.3, -0.25) is 24.0 Å². The van der Waals surface area contributed by atoms with Gasteiger partial charge in [0.1, 0.15) is 11.6 Å². The number of piperidine rings is 1. The Labute approximate surface area is 291 Å². The Hall–Kier alpha value is -5.26. The molecule has 2 heterocycles. The Morgan fingerprint density at radius 1 is 0.880 bits per heavy atom. The molecule has 1 aromatic heterocycles. The Bertz CT molecular complexity index is 1780. The van der Waals surface area contributed by atoms with Crippen molar-refractivity contribution >= 4 is 29.7 Å². The van der Waals surface area contributed by atoms with E-state index in [4.69, 9.17) is 9.47 Å². The van der Waals surface area contributed by atoms with Gasteiger partial charge in [-0.25, -0.2) is 4.79 Å². The van der Waals surface area contributed by atoms with Gasteiger partial charge in [-0.1, -0.05) is 54.6 Å². The Kier molecular flexibility index (Phi) is 11.5. The number of nitrogens with zero attached hydrogens (tertiary/aromatic N) is 2. The van der Waals surface area contributed by atoms with Crippen LogP contribution in [0.1, 0.15) is 78.9 Å². The third-order valence-corrected chi connectivity index (χ3v) is 9.62. The van der Waals surface area contributed by atoms with Crippen LogP contribution in [0.5, 0.6) is 0 Å². The number of aryl methyl sites for hydroxylation is 1. The molecule has 50 heavy (non-hydrogen) atoms. The maximum absolute atomic E-state index is 14.6. The van der Waals surface area contributed by atoms with E-state index in [1.807, 2.05) is 54.6 Å². The van der Waals surface area contributed by atoms with Gasteiger partial charge >= 0.3 is 11.9 Å². The molecule has 0 spiro atoms. The largest absolute Gasteiger partial charge is 0.466 e. The molecule has 0 radical (unpaired) electrons. The van der Waals surface area contributed by atoms with Crippen molar-refractivity contribution in [2.75, 3.05) is 26.3 Å². The number of amides is 3. The third-order valence-electron chi connectivity index (χ3n) is 9.62. The zero-order valence-electron chi connectivity index (χ0n) is 28.7. The first-order valence-corrected chi connectivity index (χ1v) is 17.1. The summed E-state index contributed by atoms with van der Waals surface area (Å²) in [7, 11) is 1.59. The minimum Gasteiger partial charge on any atom is -0.466 e. The number of aromatic nitrogens is 1. The first kappa shape index (κ1) is 36.0. The Morgan fingerprint density at radius 3 is 2.26 bits per heavy atom. The maximum atomic E-state index is 14.6. The van der Waals surface area contributed by atoms with E-state index in [1.54, 1.807) is 38.1 Å². The van der Waals surface area contributed by atoms with Crippen LogP contribution in [0.25, 0.3) is 0 Å². The van der Waals surface area contributed by atoms with Crippen LogP contribution in [0.2, 0.25) is 0 Å². The summed E-state index contributed by atoms with van der Waals surface area (Å²) in [5, 5.41) is 5.77. The number of pyridine rings is 1. The zero-order valence-corrected chi connectivity index (χ0v) is 28.7. The number of carbonyl (C=O) groups is 5. The quantitative estimate of drug-likeness (QED) is 0.293. The number of fused-ring (bicyclic) bond motifs is 1. The van der Waals surface area contributed by atoms with Crippen molar-refractivity contribution in [3.8, 4) is 0 Å². The number of carbonyl (C=O) groups excluding carboxylic acids is 5. The highest BCUT2D eigenvalue weighted by Crippen LogP contribution is 2.48. The molecule has 2 aliphatic rings. The van der Waals surface area contributed by atoms with Crippen molar-refractivity contribution < 1.29 is 33.4 Å². The van der Waals surface area contributed by atoms with Crippen LogP contribution in [0.3, 0.4) is 0 Å². The van der Waals surface area contributed by atoms with E-state index in [0.717, 1.165) is 5.56 Å². The van der Waals surface area contributed by atoms with Crippen molar-refractivity contribution in [3.05, 3.63) is 106 Å². The SMILES string of the molecule is CCOC(=O)C[C@H](NC(=O)[C@@]1(c2ccccc2)CC[C@H](C(=O)N2CCC(NC(=O)c3cccn(C)c3=O)CC2)c2ccccc21)C(=O)OCC. The van der Waals surface area contributed by atoms with Gasteiger partial charge in [0.15, 0.2) is 0 Å². The van der Waals surface area contributed by atoms with Gasteiger partial charge in [-0.2, -0.15) is 0 Å². The Morgan fingerprint density at radius 2 is 1.56 bits per heavy atom. The predicted octanol–water partition coefficient (Wildman–Crippen LogP) is 2.97. The number of hydrogen-bond acceptors (Lipinski definition) is 8. The summed E-state index contributed by atoms with van der Waals surface area (Å²) in [6, 6.07) is 18.3. The van der Waals surface area contributed by atoms with Gasteiger partial charge in [0.2, 0.25) is 11.8 Å². The standard InChI is InChI=1S/C38H44N4O8/c1-4-49-32(43)24-31(36(47)50-5-2)40-37(48)38(25-12-7-6-8-13-25)20-17-28(27-14-9-10-16-30(27)38)35(46)42-22-18-26(19-23-42)39-33(44)29-15-11-21-41(3)34(29)45/h6-16,21,26,28,31H,4-5,17-20,22-24H2,1-3H3,(H,39,44)(H,40,48)/t28-,31-,38+/m0/s1. The van der Waals surface area contributed by atoms with Crippen LogP contribution >= 0.6 is 0 Å². The average Bonchev–Trinajstić information content (AvgIpc) is 3.12. The van der Waals surface area contributed by atoms with Gasteiger partial charge in [-0.05, 0) is 68.4 Å². The molecular formula is C38H44N4O8. The second-order valence-electron chi connectivity index (χ2n) is 12.6. The summed E-state index contributed by atoms with van der Waals surface area (Å²) in [5.74, 6) is -2.86. The van der Waals surface area contributed by atoms with E-state index in [0.29, 0.717) is 43.5 Å². The van der Waals surface area contributed by atoms with E-state index >= 15 is 0 Å². The minimum absolute atomic E-state index is 0.0621. The number of benzene rings is 2. The first-order valence-electron chi connectivity index (χ1n) is 17.1. The zero-order chi connectivity index (χ0) is 35.8. The predicted molar refractivity (Wildman–Crippen MR) is 184 cm³/mol. The number of hydrogen-bond donors (Lipinski definition) is 2. The number of nitrogens with one attached hydrogen (secondary N) is 2. The highest BCUT2D eigenvalue weighted by Gasteiger charge is 2.50. The van der Waals surface area contributed by atoms with Crippen molar-refractivity contribution in [2.45, 2.75) is 69.4 Å². The van der Waals surface area contributed by atoms with Crippen molar-refractivity contribution in [1.29, 1.82) is 0 Å². The molecule has 2 aromatic carbocycles. The molecule has 0 unspecified atom stereocenters. The molecule has 1 aliphatic heterocycles. The number of esters is 2. The lowest BCUT2D eigenvalue weighted by Gasteiger charge is -2.43. The van der Waals surface area contributed by atoms with E-state index in [1.165, 1.54) is 10.6 Å². The lowest BCUT2D eigenvalue weighted by Crippen LogP contribution is -2.54. The normalized spacial score (nSPS) is 19.4. The summed E-state index contributed by atoms with van der Waals surface area (Å²) >= 11 is 0. The highest BCUT2D eigenvalue weighted by atomic mass is 16.5. The molecule has 264 valence electrons. The van der Waals surface area contributed by atoms with Crippen molar-refractivity contribution in [2.24, 2.45) is 7.05 Å². The highest BCUT2D eigenvalue weighted by molar-refractivity contribution is 5.98. The second kappa shape index (κ2) is 16.0. The second-order valence-corrected chi connectivity index (χ2v) is 12.6. The van der Waals surface area contributed by atoms with Gasteiger partial charge in [0.05, 0.1) is 31.0 Å². The molecule has 12 heteroatoms. The molecule has 3 atom stereocenters. The van der Waals surface area contributed by atoms with Crippen LogP contribution < -0.4 is 16.2 Å². The summed E-state index contributed by atoms with van der Waals surface area (Å²) in [5.41, 5.74) is 0.506. The van der Waals surface area contributed by atoms with Crippen LogP contribution in [-0.2, 0) is 41.1 Å². The molecule has 3 amide bonds. The molecule has 1 aliphatic carbocycles. The van der Waals surface area contributed by atoms with Crippen molar-refractivity contribution in [1.82, 2.24) is 20.1 Å². The van der Waals surface area contributed by atoms with Gasteiger partial charge in [-0.15, -0.1) is 0 Å². The number of rotatable bonds is 11. The van der Waals surface area contributed by atoms with Gasteiger partial charge in [0, 0.05) is 32.4 Å². The van der Waals surface area contributed by atoms with E-state index in [-0.39, 0.29) is 49.1 Å². The fraction of sp³-hybridized carbons (Fsp3) is 0.421. The van der Waals surface area contributed by atoms with Crippen LogP contribution in [-0.4, -0.2) is 77.5 Å². The van der Waals surface area contributed by atoms with E-state index in [2.05, 4.69) is 10.6 Å². The summed E-state index contributed by atoms with van der Waals surface area (Å²) in [6.45, 7) is 4.35. The van der Waals surface area contributed by atoms with Gasteiger partial charge < -0.3 is 29.6 Å². The summed E-state index contributed by atoms with van der Waals surface area (Å²) in [4.78, 5) is 81.2. The van der Waals surface area contributed by atoms with Crippen LogP contribution in [0.4, 0.5) is 0 Å². The number of likely N-dealkylation sites (tertiary alicyclic amines) is 1.